The first-order valence-electron chi connectivity index (χ1n) is 12.6. The lowest BCUT2D eigenvalue weighted by atomic mass is 10.1. The first-order valence-corrected chi connectivity index (χ1v) is 12.6. The molecule has 1 aliphatic heterocycles. The van der Waals surface area contributed by atoms with Crippen molar-refractivity contribution in [3.63, 3.8) is 0 Å². The fourth-order valence-electron chi connectivity index (χ4n) is 4.27. The zero-order chi connectivity index (χ0) is 26.2. The third-order valence-electron chi connectivity index (χ3n) is 6.09. The number of anilines is 1. The van der Waals surface area contributed by atoms with Crippen molar-refractivity contribution in [2.75, 3.05) is 58.0 Å². The van der Waals surface area contributed by atoms with Crippen LogP contribution < -0.4 is 23.8 Å². The molecule has 4 rings (SSSR count). The number of carbonyl (C=O) groups is 1. The van der Waals surface area contributed by atoms with Gasteiger partial charge in [-0.1, -0.05) is 0 Å². The Balaban J connectivity index is 1.47. The van der Waals surface area contributed by atoms with Gasteiger partial charge in [-0.05, 0) is 57.2 Å². The Labute approximate surface area is 217 Å². The van der Waals surface area contributed by atoms with Crippen molar-refractivity contribution in [2.24, 2.45) is 0 Å². The number of ether oxygens (including phenoxy) is 4. The van der Waals surface area contributed by atoms with Crippen molar-refractivity contribution < 1.29 is 23.7 Å². The van der Waals surface area contributed by atoms with Gasteiger partial charge in [-0.15, -0.1) is 0 Å². The summed E-state index contributed by atoms with van der Waals surface area (Å²) in [7, 11) is 1.65. The fourth-order valence-corrected chi connectivity index (χ4v) is 4.27. The topological polar surface area (TPSA) is 86.3 Å². The van der Waals surface area contributed by atoms with Gasteiger partial charge in [0.15, 0.2) is 11.5 Å². The molecule has 2 heterocycles. The monoisotopic (exact) mass is 506 g/mol. The van der Waals surface area contributed by atoms with Crippen molar-refractivity contribution in [3.05, 3.63) is 54.4 Å². The molecule has 196 valence electrons. The van der Waals surface area contributed by atoms with E-state index in [1.54, 1.807) is 25.6 Å². The lowest BCUT2D eigenvalue weighted by molar-refractivity contribution is 0.0745. The number of hydrogen-bond donors (Lipinski definition) is 0. The molecule has 9 nitrogen and oxygen atoms in total. The van der Waals surface area contributed by atoms with Crippen molar-refractivity contribution in [1.82, 2.24) is 14.9 Å². The standard InChI is InChI=1S/C28H34N4O5/c1-5-35-24-16-21(17-25(36-6-2)27(24)37-7-3)28(33)32-14-12-31(13-15-32)26-18-23(29-19-30-26)20-8-10-22(34-4)11-9-20/h8-11,16-19H,5-7,12-15H2,1-4H3. The van der Waals surface area contributed by atoms with Crippen molar-refractivity contribution in [3.8, 4) is 34.3 Å². The molecule has 0 aliphatic carbocycles. The van der Waals surface area contributed by atoms with Gasteiger partial charge in [-0.25, -0.2) is 9.97 Å². The van der Waals surface area contributed by atoms with Crippen LogP contribution in [0.25, 0.3) is 11.3 Å². The predicted octanol–water partition coefficient (Wildman–Crippen LogP) is 4.31. The van der Waals surface area contributed by atoms with Crippen LogP contribution >= 0.6 is 0 Å². The van der Waals surface area contributed by atoms with Crippen LogP contribution in [0, 0.1) is 0 Å². The van der Waals surface area contributed by atoms with E-state index in [4.69, 9.17) is 18.9 Å². The highest BCUT2D eigenvalue weighted by Crippen LogP contribution is 2.39. The van der Waals surface area contributed by atoms with Crippen LogP contribution in [0.5, 0.6) is 23.0 Å². The first-order chi connectivity index (χ1) is 18.1. The van der Waals surface area contributed by atoms with E-state index < -0.39 is 0 Å². The van der Waals surface area contributed by atoms with E-state index in [2.05, 4.69) is 14.9 Å². The molecular formula is C28H34N4O5. The summed E-state index contributed by atoms with van der Waals surface area (Å²) in [5, 5.41) is 0. The molecule has 3 aromatic rings. The molecule has 1 saturated heterocycles. The highest BCUT2D eigenvalue weighted by molar-refractivity contribution is 5.96. The Morgan fingerprint density at radius 3 is 2.03 bits per heavy atom. The molecule has 37 heavy (non-hydrogen) atoms. The number of rotatable bonds is 10. The maximum atomic E-state index is 13.4. The third-order valence-corrected chi connectivity index (χ3v) is 6.09. The molecule has 0 spiro atoms. The molecule has 9 heteroatoms. The summed E-state index contributed by atoms with van der Waals surface area (Å²) in [5.41, 5.74) is 2.35. The van der Waals surface area contributed by atoms with Crippen molar-refractivity contribution in [1.29, 1.82) is 0 Å². The Morgan fingerprint density at radius 2 is 1.46 bits per heavy atom. The normalized spacial score (nSPS) is 13.3. The van der Waals surface area contributed by atoms with Gasteiger partial charge in [0.05, 0.1) is 32.6 Å². The second kappa shape index (κ2) is 12.3. The van der Waals surface area contributed by atoms with Gasteiger partial charge in [0, 0.05) is 43.4 Å². The zero-order valence-electron chi connectivity index (χ0n) is 21.9. The molecule has 1 aromatic heterocycles. The summed E-state index contributed by atoms with van der Waals surface area (Å²) >= 11 is 0. The predicted molar refractivity (Wildman–Crippen MR) is 142 cm³/mol. The van der Waals surface area contributed by atoms with E-state index in [-0.39, 0.29) is 5.91 Å². The minimum absolute atomic E-state index is 0.0637. The van der Waals surface area contributed by atoms with Gasteiger partial charge < -0.3 is 28.7 Å². The number of benzene rings is 2. The van der Waals surface area contributed by atoms with Gasteiger partial charge in [0.1, 0.15) is 17.9 Å². The smallest absolute Gasteiger partial charge is 0.254 e. The minimum atomic E-state index is -0.0637. The third kappa shape index (κ3) is 6.04. The van der Waals surface area contributed by atoms with Crippen LogP contribution in [0.4, 0.5) is 5.82 Å². The first kappa shape index (κ1) is 26.1. The number of amides is 1. The summed E-state index contributed by atoms with van der Waals surface area (Å²) < 4.78 is 22.6. The molecule has 0 bridgehead atoms. The quantitative estimate of drug-likeness (QED) is 0.402. The Bertz CT molecular complexity index is 1170. The maximum absolute atomic E-state index is 13.4. The Kier molecular flexibility index (Phi) is 8.66. The van der Waals surface area contributed by atoms with Gasteiger partial charge in [0.2, 0.25) is 5.75 Å². The van der Waals surface area contributed by atoms with Gasteiger partial charge in [0.25, 0.3) is 5.91 Å². The number of nitrogens with zero attached hydrogens (tertiary/aromatic N) is 4. The molecule has 2 aromatic carbocycles. The SMILES string of the molecule is CCOc1cc(C(=O)N2CCN(c3cc(-c4ccc(OC)cc4)ncn3)CC2)cc(OCC)c1OCC. The van der Waals surface area contributed by atoms with E-state index in [0.717, 1.165) is 22.8 Å². The second-order valence-electron chi connectivity index (χ2n) is 8.37. The van der Waals surface area contributed by atoms with E-state index in [1.165, 1.54) is 0 Å². The van der Waals surface area contributed by atoms with E-state index in [0.29, 0.717) is 68.8 Å². The summed E-state index contributed by atoms with van der Waals surface area (Å²) in [6.07, 6.45) is 1.58. The summed E-state index contributed by atoms with van der Waals surface area (Å²) in [5.74, 6) is 3.14. The van der Waals surface area contributed by atoms with Gasteiger partial charge >= 0.3 is 0 Å². The average molecular weight is 507 g/mol. The lowest BCUT2D eigenvalue weighted by Crippen LogP contribution is -2.49. The van der Waals surface area contributed by atoms with Crippen molar-refractivity contribution >= 4 is 11.7 Å². The summed E-state index contributed by atoms with van der Waals surface area (Å²) in [4.78, 5) is 26.4. The van der Waals surface area contributed by atoms with Crippen LogP contribution in [-0.2, 0) is 0 Å². The molecule has 0 unspecified atom stereocenters. The van der Waals surface area contributed by atoms with Crippen molar-refractivity contribution in [2.45, 2.75) is 20.8 Å². The minimum Gasteiger partial charge on any atom is -0.497 e. The highest BCUT2D eigenvalue weighted by Gasteiger charge is 2.26. The lowest BCUT2D eigenvalue weighted by Gasteiger charge is -2.35. The number of methoxy groups -OCH3 is 1. The largest absolute Gasteiger partial charge is 0.497 e. The van der Waals surface area contributed by atoms with Crippen LogP contribution in [-0.4, -0.2) is 73.9 Å². The average Bonchev–Trinajstić information content (AvgIpc) is 2.94. The summed E-state index contributed by atoms with van der Waals surface area (Å²) in [6, 6.07) is 13.3. The number of aromatic nitrogens is 2. The number of piperazine rings is 1. The van der Waals surface area contributed by atoms with E-state index in [1.807, 2.05) is 56.0 Å². The van der Waals surface area contributed by atoms with Crippen LogP contribution in [0.1, 0.15) is 31.1 Å². The van der Waals surface area contributed by atoms with Gasteiger partial charge in [-0.2, -0.15) is 0 Å². The maximum Gasteiger partial charge on any atom is 0.254 e. The molecule has 0 saturated carbocycles. The number of hydrogen-bond acceptors (Lipinski definition) is 8. The molecule has 0 atom stereocenters. The fraction of sp³-hybridized carbons (Fsp3) is 0.393. The molecule has 1 amide bonds. The molecule has 1 aliphatic rings. The number of carbonyl (C=O) groups excluding carboxylic acids is 1. The van der Waals surface area contributed by atoms with Crippen LogP contribution in [0.2, 0.25) is 0 Å². The molecular weight excluding hydrogens is 472 g/mol. The molecule has 0 radical (unpaired) electrons. The van der Waals surface area contributed by atoms with Crippen LogP contribution in [0.3, 0.4) is 0 Å². The second-order valence-corrected chi connectivity index (χ2v) is 8.37. The van der Waals surface area contributed by atoms with Gasteiger partial charge in [-0.3, -0.25) is 4.79 Å². The molecule has 0 N–H and O–H groups in total. The summed E-state index contributed by atoms with van der Waals surface area (Å²) in [6.45, 7) is 9.56. The van der Waals surface area contributed by atoms with E-state index in [9.17, 15) is 4.79 Å². The van der Waals surface area contributed by atoms with E-state index >= 15 is 0 Å². The zero-order valence-corrected chi connectivity index (χ0v) is 21.9. The highest BCUT2D eigenvalue weighted by atomic mass is 16.5. The molecule has 1 fully saturated rings. The van der Waals surface area contributed by atoms with Crippen LogP contribution in [0.15, 0.2) is 48.8 Å². The Morgan fingerprint density at radius 1 is 0.838 bits per heavy atom. The Hall–Kier alpha value is -4.01.